The molecule has 40 heavy (non-hydrogen) atoms. The Kier molecular flexibility index (Phi) is 9.27. The molecule has 3 aliphatic carbocycles. The summed E-state index contributed by atoms with van der Waals surface area (Å²) in [5.74, 6) is 0.100. The Morgan fingerprint density at radius 1 is 1.10 bits per heavy atom. The molecule has 3 fully saturated rings. The molecule has 9 nitrogen and oxygen atoms in total. The number of amides is 2. The quantitative estimate of drug-likeness (QED) is 0.362. The molecule has 2 bridgehead atoms. The summed E-state index contributed by atoms with van der Waals surface area (Å²) < 4.78 is 11.7. The van der Waals surface area contributed by atoms with Crippen molar-refractivity contribution in [1.29, 1.82) is 5.26 Å². The van der Waals surface area contributed by atoms with Crippen molar-refractivity contribution in [2.75, 3.05) is 13.7 Å². The van der Waals surface area contributed by atoms with Gasteiger partial charge in [-0.3, -0.25) is 14.4 Å². The number of aliphatic carboxylic acids is 1. The average molecular weight is 554 g/mol. The van der Waals surface area contributed by atoms with Crippen molar-refractivity contribution in [3.63, 3.8) is 0 Å². The molecule has 0 radical (unpaired) electrons. The number of carbonyl (C=O) groups is 3. The standard InChI is InChI=1S/C31H43N3O6/c1-5-18(6-2)17-33-29(36)26-19-7-8-20(13-19)27(26)34-28(35)23-15-24(21(16-32)14-25(23)39-4)40-22-9-11-31(3,12-10-22)30(37)38/h14-15,18-20,22,26-27H,5-13,17H2,1-4H3,(H,33,36)(H,34,35)(H,37,38)/t19-,20+,22-,26+,27-,31+/m1/s1. The minimum absolute atomic E-state index is 0.0193. The molecule has 4 rings (SSSR count). The molecule has 2 amide bonds. The van der Waals surface area contributed by atoms with Gasteiger partial charge in [-0.1, -0.05) is 26.7 Å². The molecule has 3 aliphatic rings. The molecule has 0 heterocycles. The third-order valence-electron chi connectivity index (χ3n) is 9.75. The van der Waals surface area contributed by atoms with Crippen LogP contribution in [0.4, 0.5) is 0 Å². The normalized spacial score (nSPS) is 29.1. The van der Waals surface area contributed by atoms with Crippen LogP contribution in [0.15, 0.2) is 12.1 Å². The number of hydrogen-bond acceptors (Lipinski definition) is 6. The second-order valence-electron chi connectivity index (χ2n) is 12.1. The summed E-state index contributed by atoms with van der Waals surface area (Å²) >= 11 is 0. The maximum Gasteiger partial charge on any atom is 0.309 e. The minimum atomic E-state index is -0.810. The second-order valence-corrected chi connectivity index (χ2v) is 12.1. The number of rotatable bonds is 11. The number of nitrogens with one attached hydrogen (secondary N) is 2. The van der Waals surface area contributed by atoms with E-state index < -0.39 is 11.4 Å². The van der Waals surface area contributed by atoms with E-state index in [-0.39, 0.29) is 64.3 Å². The molecule has 3 N–H and O–H groups in total. The lowest BCUT2D eigenvalue weighted by molar-refractivity contribution is -0.150. The average Bonchev–Trinajstić information content (AvgIpc) is 3.56. The highest BCUT2D eigenvalue weighted by Crippen LogP contribution is 2.49. The van der Waals surface area contributed by atoms with E-state index in [9.17, 15) is 24.8 Å². The molecule has 0 aliphatic heterocycles. The van der Waals surface area contributed by atoms with Crippen molar-refractivity contribution < 1.29 is 29.0 Å². The topological polar surface area (TPSA) is 138 Å². The van der Waals surface area contributed by atoms with E-state index in [0.29, 0.717) is 38.1 Å². The van der Waals surface area contributed by atoms with Gasteiger partial charge in [0, 0.05) is 18.7 Å². The first kappa shape index (κ1) is 29.7. The molecule has 218 valence electrons. The molecule has 0 aromatic heterocycles. The van der Waals surface area contributed by atoms with Gasteiger partial charge in [-0.15, -0.1) is 0 Å². The van der Waals surface area contributed by atoms with Crippen LogP contribution < -0.4 is 20.1 Å². The van der Waals surface area contributed by atoms with Crippen LogP contribution in [0.5, 0.6) is 11.5 Å². The Hall–Kier alpha value is -3.28. The SMILES string of the molecule is CCC(CC)CNC(=O)[C@H]1[C@@H]2CC[C@@H](C2)[C@H]1NC(=O)c1cc(O[C@H]2CC[C@@](C)(C(=O)O)CC2)c(C#N)cc1OC. The highest BCUT2D eigenvalue weighted by molar-refractivity contribution is 5.98. The second kappa shape index (κ2) is 12.5. The minimum Gasteiger partial charge on any atom is -0.496 e. The monoisotopic (exact) mass is 553 g/mol. The number of hydrogen-bond donors (Lipinski definition) is 3. The zero-order chi connectivity index (χ0) is 29.0. The lowest BCUT2D eigenvalue weighted by Crippen LogP contribution is -2.50. The molecular formula is C31H43N3O6. The zero-order valence-corrected chi connectivity index (χ0v) is 24.1. The molecule has 1 aromatic carbocycles. The fourth-order valence-corrected chi connectivity index (χ4v) is 6.88. The predicted octanol–water partition coefficient (Wildman–Crippen LogP) is 4.68. The lowest BCUT2D eigenvalue weighted by Gasteiger charge is -2.34. The summed E-state index contributed by atoms with van der Waals surface area (Å²) in [6, 6.07) is 4.92. The smallest absolute Gasteiger partial charge is 0.309 e. The summed E-state index contributed by atoms with van der Waals surface area (Å²) in [6.07, 6.45) is 6.73. The Bertz CT molecular complexity index is 1150. The highest BCUT2D eigenvalue weighted by Gasteiger charge is 2.51. The fourth-order valence-electron chi connectivity index (χ4n) is 6.88. The van der Waals surface area contributed by atoms with Crippen LogP contribution in [-0.2, 0) is 9.59 Å². The Labute approximate surface area is 237 Å². The molecule has 4 atom stereocenters. The fraction of sp³-hybridized carbons (Fsp3) is 0.677. The predicted molar refractivity (Wildman–Crippen MR) is 149 cm³/mol. The Balaban J connectivity index is 1.50. The zero-order valence-electron chi connectivity index (χ0n) is 24.1. The van der Waals surface area contributed by atoms with Crippen molar-refractivity contribution in [2.45, 2.75) is 90.7 Å². The van der Waals surface area contributed by atoms with Crippen LogP contribution in [0.3, 0.4) is 0 Å². The number of carboxylic acid groups (broad SMARTS) is 1. The number of benzene rings is 1. The van der Waals surface area contributed by atoms with Crippen LogP contribution in [0.25, 0.3) is 0 Å². The van der Waals surface area contributed by atoms with Crippen LogP contribution in [0.2, 0.25) is 0 Å². The molecule has 3 saturated carbocycles. The number of ether oxygens (including phenoxy) is 2. The van der Waals surface area contributed by atoms with Crippen LogP contribution >= 0.6 is 0 Å². The van der Waals surface area contributed by atoms with Gasteiger partial charge in [-0.25, -0.2) is 0 Å². The third kappa shape index (κ3) is 6.06. The Morgan fingerprint density at radius 2 is 1.77 bits per heavy atom. The Morgan fingerprint density at radius 3 is 2.38 bits per heavy atom. The van der Waals surface area contributed by atoms with Crippen molar-refractivity contribution >= 4 is 17.8 Å². The summed E-state index contributed by atoms with van der Waals surface area (Å²) in [4.78, 5) is 38.6. The van der Waals surface area contributed by atoms with E-state index >= 15 is 0 Å². The van der Waals surface area contributed by atoms with Crippen LogP contribution in [-0.4, -0.2) is 48.7 Å². The van der Waals surface area contributed by atoms with E-state index in [4.69, 9.17) is 9.47 Å². The van der Waals surface area contributed by atoms with Crippen molar-refractivity contribution in [2.24, 2.45) is 29.1 Å². The van der Waals surface area contributed by atoms with E-state index in [1.165, 1.54) is 13.2 Å². The molecule has 0 unspecified atom stereocenters. The summed E-state index contributed by atoms with van der Waals surface area (Å²) in [5.41, 5.74) is -0.277. The van der Waals surface area contributed by atoms with Crippen molar-refractivity contribution in [3.05, 3.63) is 23.3 Å². The lowest BCUT2D eigenvalue weighted by atomic mass is 9.75. The van der Waals surface area contributed by atoms with Gasteiger partial charge in [0.25, 0.3) is 5.91 Å². The molecule has 1 aromatic rings. The molecule has 9 heteroatoms. The summed E-state index contributed by atoms with van der Waals surface area (Å²) in [7, 11) is 1.45. The van der Waals surface area contributed by atoms with Crippen LogP contribution in [0, 0.1) is 40.4 Å². The number of carbonyl (C=O) groups excluding carboxylic acids is 2. The van der Waals surface area contributed by atoms with Gasteiger partial charge >= 0.3 is 5.97 Å². The maximum atomic E-state index is 13.7. The van der Waals surface area contributed by atoms with E-state index in [1.807, 2.05) is 0 Å². The first-order valence-corrected chi connectivity index (χ1v) is 14.7. The first-order valence-electron chi connectivity index (χ1n) is 14.7. The third-order valence-corrected chi connectivity index (χ3v) is 9.75. The van der Waals surface area contributed by atoms with E-state index in [0.717, 1.165) is 32.1 Å². The van der Waals surface area contributed by atoms with Gasteiger partial charge in [0.2, 0.25) is 5.91 Å². The first-order chi connectivity index (χ1) is 19.1. The largest absolute Gasteiger partial charge is 0.496 e. The van der Waals surface area contributed by atoms with Crippen molar-refractivity contribution in [3.8, 4) is 17.6 Å². The number of methoxy groups -OCH3 is 1. The summed E-state index contributed by atoms with van der Waals surface area (Å²) in [5, 5.41) is 25.6. The molecule has 0 spiro atoms. The van der Waals surface area contributed by atoms with Gasteiger partial charge in [0.15, 0.2) is 0 Å². The van der Waals surface area contributed by atoms with Crippen LogP contribution in [0.1, 0.15) is 94.5 Å². The number of carboxylic acids is 1. The van der Waals surface area contributed by atoms with Gasteiger partial charge in [-0.05, 0) is 75.7 Å². The number of nitriles is 1. The summed E-state index contributed by atoms with van der Waals surface area (Å²) in [6.45, 7) is 6.66. The van der Waals surface area contributed by atoms with Gasteiger partial charge in [0.05, 0.1) is 35.7 Å². The van der Waals surface area contributed by atoms with Gasteiger partial charge in [-0.2, -0.15) is 5.26 Å². The molecular weight excluding hydrogens is 510 g/mol. The van der Waals surface area contributed by atoms with Gasteiger partial charge in [0.1, 0.15) is 17.6 Å². The van der Waals surface area contributed by atoms with Crippen molar-refractivity contribution in [1.82, 2.24) is 10.6 Å². The number of nitrogens with zero attached hydrogens (tertiary/aromatic N) is 1. The maximum absolute atomic E-state index is 13.7. The van der Waals surface area contributed by atoms with E-state index in [2.05, 4.69) is 30.6 Å². The van der Waals surface area contributed by atoms with Gasteiger partial charge < -0.3 is 25.2 Å². The van der Waals surface area contributed by atoms with E-state index in [1.54, 1.807) is 13.0 Å². The highest BCUT2D eigenvalue weighted by atomic mass is 16.5. The molecule has 0 saturated heterocycles. The number of fused-ring (bicyclic) bond motifs is 2.